The first-order chi connectivity index (χ1) is 13.0. The van der Waals surface area contributed by atoms with Gasteiger partial charge in [-0.2, -0.15) is 4.98 Å². The summed E-state index contributed by atoms with van der Waals surface area (Å²) < 4.78 is 17.2. The van der Waals surface area contributed by atoms with Crippen LogP contribution in [0.3, 0.4) is 0 Å². The molecule has 0 bridgehead atoms. The molecule has 6 heteroatoms. The Balaban J connectivity index is 0.00000102. The molecule has 4 rings (SSSR count). The summed E-state index contributed by atoms with van der Waals surface area (Å²) in [5.41, 5.74) is 1.69. The highest BCUT2D eigenvalue weighted by Crippen LogP contribution is 2.44. The van der Waals surface area contributed by atoms with Crippen molar-refractivity contribution in [2.75, 3.05) is 13.2 Å². The normalized spacial score (nSPS) is 19.5. The molecule has 27 heavy (non-hydrogen) atoms. The molecule has 2 fully saturated rings. The lowest BCUT2D eigenvalue weighted by atomic mass is 9.97. The second kappa shape index (κ2) is 8.38. The molecule has 0 spiro atoms. The summed E-state index contributed by atoms with van der Waals surface area (Å²) >= 11 is 0. The predicted molar refractivity (Wildman–Crippen MR) is 104 cm³/mol. The molecule has 1 unspecified atom stereocenters. The van der Waals surface area contributed by atoms with Crippen molar-refractivity contribution in [2.45, 2.75) is 77.7 Å². The molecular weight excluding hydrogens is 342 g/mol. The van der Waals surface area contributed by atoms with Crippen molar-refractivity contribution >= 4 is 0 Å². The van der Waals surface area contributed by atoms with E-state index >= 15 is 0 Å². The number of hydrogen-bond acceptors (Lipinski definition) is 6. The van der Waals surface area contributed by atoms with Gasteiger partial charge in [0.1, 0.15) is 18.1 Å². The highest BCUT2D eigenvalue weighted by atomic mass is 16.5. The third kappa shape index (κ3) is 4.86. The van der Waals surface area contributed by atoms with E-state index in [-0.39, 0.29) is 11.5 Å². The van der Waals surface area contributed by atoms with Crippen LogP contribution in [0.25, 0.3) is 11.5 Å². The van der Waals surface area contributed by atoms with E-state index in [4.69, 9.17) is 14.0 Å². The van der Waals surface area contributed by atoms with Crippen molar-refractivity contribution in [2.24, 2.45) is 0 Å². The number of rotatable bonds is 5. The van der Waals surface area contributed by atoms with E-state index in [1.165, 1.54) is 18.4 Å². The Hall–Kier alpha value is -1.95. The number of pyridine rings is 1. The number of ether oxygens (including phenoxy) is 2. The average Bonchev–Trinajstić information content (AvgIpc) is 3.15. The summed E-state index contributed by atoms with van der Waals surface area (Å²) in [4.78, 5) is 9.05. The lowest BCUT2D eigenvalue weighted by molar-refractivity contribution is 0.0676. The topological polar surface area (TPSA) is 70.3 Å². The minimum absolute atomic E-state index is 0.182. The predicted octanol–water partition coefficient (Wildman–Crippen LogP) is 4.89. The largest absolute Gasteiger partial charge is 0.490 e. The summed E-state index contributed by atoms with van der Waals surface area (Å²) in [7, 11) is 0. The molecule has 1 aliphatic carbocycles. The van der Waals surface area contributed by atoms with Gasteiger partial charge in [-0.1, -0.05) is 39.8 Å². The van der Waals surface area contributed by atoms with Crippen LogP contribution in [0, 0.1) is 0 Å². The Morgan fingerprint density at radius 2 is 1.96 bits per heavy atom. The van der Waals surface area contributed by atoms with Crippen LogP contribution in [-0.2, 0) is 10.2 Å². The zero-order chi connectivity index (χ0) is 19.4. The Labute approximate surface area is 161 Å². The van der Waals surface area contributed by atoms with Gasteiger partial charge in [0.25, 0.3) is 0 Å². The summed E-state index contributed by atoms with van der Waals surface area (Å²) in [5, 5.41) is 4.09. The van der Waals surface area contributed by atoms with Gasteiger partial charge in [-0.25, -0.2) is 0 Å². The molecule has 2 aromatic heterocycles. The van der Waals surface area contributed by atoms with E-state index in [9.17, 15) is 0 Å². The zero-order valence-electron chi connectivity index (χ0n) is 17.1. The molecule has 148 valence electrons. The molecule has 1 saturated heterocycles. The lowest BCUT2D eigenvalue weighted by Crippen LogP contribution is -2.17. The molecule has 0 N–H and O–H groups in total. The van der Waals surface area contributed by atoms with Gasteiger partial charge in [0.2, 0.25) is 11.7 Å². The SMILES string of the molecule is CC.CC(C)(C)c1nc(-c2cc(OCC3CCCO3)c(C3CC3)cn2)no1. The van der Waals surface area contributed by atoms with Crippen LogP contribution in [0.4, 0.5) is 0 Å². The quantitative estimate of drug-likeness (QED) is 0.743. The van der Waals surface area contributed by atoms with Gasteiger partial charge in [-0.05, 0) is 31.6 Å². The molecule has 0 aromatic carbocycles. The highest BCUT2D eigenvalue weighted by molar-refractivity contribution is 5.54. The monoisotopic (exact) mass is 373 g/mol. The molecule has 0 radical (unpaired) electrons. The second-order valence-corrected chi connectivity index (χ2v) is 8.00. The summed E-state index contributed by atoms with van der Waals surface area (Å²) in [5.74, 6) is 2.56. The van der Waals surface area contributed by atoms with E-state index in [1.807, 2.05) is 46.9 Å². The van der Waals surface area contributed by atoms with Crippen LogP contribution in [0.15, 0.2) is 16.8 Å². The van der Waals surface area contributed by atoms with Crippen LogP contribution in [0.5, 0.6) is 5.75 Å². The van der Waals surface area contributed by atoms with E-state index < -0.39 is 0 Å². The number of hydrogen-bond donors (Lipinski definition) is 0. The number of nitrogens with zero attached hydrogens (tertiary/aromatic N) is 3. The maximum absolute atomic E-state index is 6.11. The van der Waals surface area contributed by atoms with E-state index in [1.54, 1.807) is 0 Å². The van der Waals surface area contributed by atoms with Gasteiger partial charge in [-0.3, -0.25) is 4.98 Å². The smallest absolute Gasteiger partial charge is 0.232 e. The molecular formula is C21H31N3O3. The molecule has 6 nitrogen and oxygen atoms in total. The molecule has 1 aliphatic heterocycles. The van der Waals surface area contributed by atoms with Crippen molar-refractivity contribution in [1.29, 1.82) is 0 Å². The van der Waals surface area contributed by atoms with Crippen molar-refractivity contribution in [3.8, 4) is 17.3 Å². The van der Waals surface area contributed by atoms with Gasteiger partial charge in [-0.15, -0.1) is 0 Å². The van der Waals surface area contributed by atoms with Crippen LogP contribution in [0.1, 0.15) is 77.7 Å². The van der Waals surface area contributed by atoms with Crippen molar-refractivity contribution in [1.82, 2.24) is 15.1 Å². The lowest BCUT2D eigenvalue weighted by Gasteiger charge is -2.15. The Morgan fingerprint density at radius 1 is 1.19 bits per heavy atom. The Morgan fingerprint density at radius 3 is 2.56 bits per heavy atom. The molecule has 2 aliphatic rings. The van der Waals surface area contributed by atoms with Crippen molar-refractivity contribution in [3.05, 3.63) is 23.7 Å². The third-order valence-electron chi connectivity index (χ3n) is 4.66. The van der Waals surface area contributed by atoms with Crippen LogP contribution < -0.4 is 4.74 Å². The van der Waals surface area contributed by atoms with E-state index in [0.29, 0.717) is 29.9 Å². The zero-order valence-corrected chi connectivity index (χ0v) is 17.1. The van der Waals surface area contributed by atoms with Gasteiger partial charge < -0.3 is 14.0 Å². The Bertz CT molecular complexity index is 741. The minimum Gasteiger partial charge on any atom is -0.490 e. The van der Waals surface area contributed by atoms with Crippen LogP contribution >= 0.6 is 0 Å². The van der Waals surface area contributed by atoms with Crippen LogP contribution in [0.2, 0.25) is 0 Å². The maximum Gasteiger partial charge on any atom is 0.232 e. The summed E-state index contributed by atoms with van der Waals surface area (Å²) in [6.45, 7) is 11.6. The Kier molecular flexibility index (Phi) is 6.15. The molecule has 1 atom stereocenters. The summed E-state index contributed by atoms with van der Waals surface area (Å²) in [6.07, 6.45) is 6.69. The van der Waals surface area contributed by atoms with Crippen molar-refractivity contribution < 1.29 is 14.0 Å². The fraction of sp³-hybridized carbons (Fsp3) is 0.667. The maximum atomic E-state index is 6.11. The summed E-state index contributed by atoms with van der Waals surface area (Å²) in [6, 6.07) is 1.94. The molecule has 0 amide bonds. The third-order valence-corrected chi connectivity index (χ3v) is 4.66. The van der Waals surface area contributed by atoms with Crippen molar-refractivity contribution in [3.63, 3.8) is 0 Å². The standard InChI is InChI=1S/C19H25N3O3.C2H6/c1-19(2,3)18-21-17(22-25-18)15-9-16(14(10-20-15)12-6-7-12)24-11-13-5-4-8-23-13;1-2/h9-10,12-13H,4-8,11H2,1-3H3;1-2H3. The highest BCUT2D eigenvalue weighted by Gasteiger charge is 2.29. The number of aromatic nitrogens is 3. The molecule has 1 saturated carbocycles. The van der Waals surface area contributed by atoms with Gasteiger partial charge in [0.15, 0.2) is 0 Å². The second-order valence-electron chi connectivity index (χ2n) is 8.00. The van der Waals surface area contributed by atoms with Crippen LogP contribution in [-0.4, -0.2) is 34.4 Å². The minimum atomic E-state index is -0.182. The first-order valence-corrected chi connectivity index (χ1v) is 10.1. The molecule has 2 aromatic rings. The van der Waals surface area contributed by atoms with Gasteiger partial charge in [0, 0.05) is 29.8 Å². The van der Waals surface area contributed by atoms with Gasteiger partial charge in [0.05, 0.1) is 6.10 Å². The first-order valence-electron chi connectivity index (χ1n) is 10.1. The fourth-order valence-electron chi connectivity index (χ4n) is 2.99. The average molecular weight is 373 g/mol. The first kappa shape index (κ1) is 19.8. The van der Waals surface area contributed by atoms with Gasteiger partial charge >= 0.3 is 0 Å². The van der Waals surface area contributed by atoms with E-state index in [0.717, 1.165) is 25.2 Å². The fourth-order valence-corrected chi connectivity index (χ4v) is 2.99. The molecule has 3 heterocycles. The van der Waals surface area contributed by atoms with E-state index in [2.05, 4.69) is 15.1 Å².